The highest BCUT2D eigenvalue weighted by Gasteiger charge is 2.08. The maximum atomic E-state index is 11.2. The second kappa shape index (κ2) is 7.41. The average Bonchev–Trinajstić information content (AvgIpc) is 2.76. The molecule has 0 radical (unpaired) electrons. The number of methoxy groups -OCH3 is 1. The van der Waals surface area contributed by atoms with Gasteiger partial charge in [0, 0.05) is 6.61 Å². The van der Waals surface area contributed by atoms with Crippen molar-refractivity contribution in [2.24, 2.45) is 0 Å². The van der Waals surface area contributed by atoms with Crippen LogP contribution in [-0.2, 0) is 11.2 Å². The third-order valence-electron chi connectivity index (χ3n) is 2.41. The van der Waals surface area contributed by atoms with Gasteiger partial charge in [-0.25, -0.2) is 4.79 Å². The molecule has 0 unspecified atom stereocenters. The van der Waals surface area contributed by atoms with Gasteiger partial charge >= 0.3 is 5.97 Å². The van der Waals surface area contributed by atoms with E-state index >= 15 is 0 Å². The summed E-state index contributed by atoms with van der Waals surface area (Å²) in [6.45, 7) is 0.283. The maximum Gasteiger partial charge on any atom is 0.348 e. The van der Waals surface area contributed by atoms with E-state index in [2.05, 4.69) is 4.74 Å². The van der Waals surface area contributed by atoms with Crippen LogP contribution < -0.4 is 0 Å². The van der Waals surface area contributed by atoms with Gasteiger partial charge in [0.05, 0.1) is 7.11 Å². The minimum absolute atomic E-state index is 0.253. The molecule has 1 aromatic rings. The predicted molar refractivity (Wildman–Crippen MR) is 64.9 cm³/mol. The monoisotopic (exact) mass is 242 g/mol. The molecule has 0 fully saturated rings. The largest absolute Gasteiger partial charge is 0.465 e. The SMILES string of the molecule is COC(=O)c1cc(CCCCCCO)cs1. The number of thiophene rings is 1. The second-order valence-electron chi connectivity index (χ2n) is 3.70. The van der Waals surface area contributed by atoms with Crippen molar-refractivity contribution in [3.63, 3.8) is 0 Å². The number of aryl methyl sites for hydroxylation is 1. The van der Waals surface area contributed by atoms with E-state index in [1.807, 2.05) is 11.4 Å². The van der Waals surface area contributed by atoms with E-state index in [1.54, 1.807) is 0 Å². The van der Waals surface area contributed by atoms with Crippen LogP contribution in [0, 0.1) is 0 Å². The van der Waals surface area contributed by atoms with E-state index in [-0.39, 0.29) is 12.6 Å². The van der Waals surface area contributed by atoms with Gasteiger partial charge in [0.2, 0.25) is 0 Å². The van der Waals surface area contributed by atoms with Crippen molar-refractivity contribution in [1.82, 2.24) is 0 Å². The van der Waals surface area contributed by atoms with E-state index in [0.717, 1.165) is 32.1 Å². The summed E-state index contributed by atoms with van der Waals surface area (Å²) >= 11 is 1.44. The van der Waals surface area contributed by atoms with Gasteiger partial charge in [-0.2, -0.15) is 0 Å². The summed E-state index contributed by atoms with van der Waals surface area (Å²) in [5.41, 5.74) is 1.20. The van der Waals surface area contributed by atoms with Crippen LogP contribution in [0.25, 0.3) is 0 Å². The van der Waals surface area contributed by atoms with Gasteiger partial charge in [0.15, 0.2) is 0 Å². The molecule has 16 heavy (non-hydrogen) atoms. The Labute approximate surface area is 100 Å². The summed E-state index contributed by atoms with van der Waals surface area (Å²) < 4.78 is 4.65. The lowest BCUT2D eigenvalue weighted by atomic mass is 10.1. The molecule has 0 saturated heterocycles. The van der Waals surface area contributed by atoms with E-state index in [4.69, 9.17) is 5.11 Å². The van der Waals surface area contributed by atoms with Crippen LogP contribution in [0.15, 0.2) is 11.4 Å². The molecule has 0 aliphatic carbocycles. The number of carbonyl (C=O) groups excluding carboxylic acids is 1. The highest BCUT2D eigenvalue weighted by atomic mass is 32.1. The van der Waals surface area contributed by atoms with E-state index in [9.17, 15) is 4.79 Å². The zero-order valence-corrected chi connectivity index (χ0v) is 10.4. The molecule has 90 valence electrons. The molecule has 1 aromatic heterocycles. The molecule has 0 bridgehead atoms. The fourth-order valence-electron chi connectivity index (χ4n) is 1.51. The van der Waals surface area contributed by atoms with Gasteiger partial charge in [-0.05, 0) is 36.3 Å². The quantitative estimate of drug-likeness (QED) is 0.590. The molecule has 0 aliphatic rings. The van der Waals surface area contributed by atoms with Gasteiger partial charge in [-0.15, -0.1) is 11.3 Å². The van der Waals surface area contributed by atoms with E-state index in [0.29, 0.717) is 4.88 Å². The molecule has 4 heteroatoms. The number of carbonyl (C=O) groups is 1. The first-order valence-corrected chi connectivity index (χ1v) is 6.42. The number of rotatable bonds is 7. The fraction of sp³-hybridized carbons (Fsp3) is 0.583. The molecule has 1 heterocycles. The van der Waals surface area contributed by atoms with Gasteiger partial charge < -0.3 is 9.84 Å². The summed E-state index contributed by atoms with van der Waals surface area (Å²) in [5.74, 6) is -0.253. The van der Waals surface area contributed by atoms with Gasteiger partial charge in [0.25, 0.3) is 0 Å². The van der Waals surface area contributed by atoms with Crippen LogP contribution in [0.4, 0.5) is 0 Å². The van der Waals surface area contributed by atoms with Crippen molar-refractivity contribution in [3.8, 4) is 0 Å². The maximum absolute atomic E-state index is 11.2. The first-order chi connectivity index (χ1) is 7.77. The summed E-state index contributed by atoms with van der Waals surface area (Å²) in [4.78, 5) is 11.9. The third kappa shape index (κ3) is 4.33. The molecular formula is C12H18O3S. The molecule has 0 aromatic carbocycles. The van der Waals surface area contributed by atoms with Crippen molar-refractivity contribution in [2.45, 2.75) is 32.1 Å². The Bertz CT molecular complexity index is 320. The zero-order valence-electron chi connectivity index (χ0n) is 9.57. The van der Waals surface area contributed by atoms with Crippen LogP contribution >= 0.6 is 11.3 Å². The van der Waals surface area contributed by atoms with Crippen LogP contribution in [0.3, 0.4) is 0 Å². The average molecular weight is 242 g/mol. The Hall–Kier alpha value is -0.870. The van der Waals surface area contributed by atoms with Crippen LogP contribution in [0.1, 0.15) is 40.9 Å². The third-order valence-corrected chi connectivity index (χ3v) is 3.37. The Morgan fingerprint density at radius 3 is 2.81 bits per heavy atom. The van der Waals surface area contributed by atoms with Crippen LogP contribution in [0.2, 0.25) is 0 Å². The molecule has 0 aliphatic heterocycles. The fourth-order valence-corrected chi connectivity index (χ4v) is 2.37. The molecule has 3 nitrogen and oxygen atoms in total. The van der Waals surface area contributed by atoms with Crippen molar-refractivity contribution in [2.75, 3.05) is 13.7 Å². The number of ether oxygens (including phenoxy) is 1. The highest BCUT2D eigenvalue weighted by Crippen LogP contribution is 2.17. The first-order valence-electron chi connectivity index (χ1n) is 5.54. The molecule has 0 saturated carbocycles. The minimum atomic E-state index is -0.253. The van der Waals surface area contributed by atoms with Gasteiger partial charge in [0.1, 0.15) is 4.88 Å². The number of hydrogen-bond acceptors (Lipinski definition) is 4. The molecule has 0 amide bonds. The summed E-state index contributed by atoms with van der Waals surface area (Å²) in [6, 6.07) is 1.91. The Balaban J connectivity index is 2.27. The molecule has 0 atom stereocenters. The summed E-state index contributed by atoms with van der Waals surface area (Å²) in [6.07, 6.45) is 5.20. The van der Waals surface area contributed by atoms with Crippen LogP contribution in [-0.4, -0.2) is 24.8 Å². The highest BCUT2D eigenvalue weighted by molar-refractivity contribution is 7.12. The summed E-state index contributed by atoms with van der Waals surface area (Å²) in [5, 5.41) is 10.6. The molecular weight excluding hydrogens is 224 g/mol. The normalized spacial score (nSPS) is 10.4. The molecule has 0 spiro atoms. The smallest absolute Gasteiger partial charge is 0.348 e. The number of unbranched alkanes of at least 4 members (excludes halogenated alkanes) is 3. The van der Waals surface area contributed by atoms with Crippen molar-refractivity contribution >= 4 is 17.3 Å². The summed E-state index contributed by atoms with van der Waals surface area (Å²) in [7, 11) is 1.40. The van der Waals surface area contributed by atoms with E-state index in [1.165, 1.54) is 24.0 Å². The predicted octanol–water partition coefficient (Wildman–Crippen LogP) is 2.63. The number of esters is 1. The second-order valence-corrected chi connectivity index (χ2v) is 4.61. The van der Waals surface area contributed by atoms with Crippen molar-refractivity contribution in [3.05, 3.63) is 21.9 Å². The molecule has 1 rings (SSSR count). The van der Waals surface area contributed by atoms with Gasteiger partial charge in [-0.3, -0.25) is 0 Å². The minimum Gasteiger partial charge on any atom is -0.465 e. The Kier molecular flexibility index (Phi) is 6.11. The lowest BCUT2D eigenvalue weighted by molar-refractivity contribution is 0.0606. The Morgan fingerprint density at radius 2 is 2.12 bits per heavy atom. The first kappa shape index (κ1) is 13.2. The van der Waals surface area contributed by atoms with E-state index < -0.39 is 0 Å². The zero-order chi connectivity index (χ0) is 11.8. The lowest BCUT2D eigenvalue weighted by Crippen LogP contribution is -1.97. The lowest BCUT2D eigenvalue weighted by Gasteiger charge is -1.98. The van der Waals surface area contributed by atoms with Crippen molar-refractivity contribution in [1.29, 1.82) is 0 Å². The van der Waals surface area contributed by atoms with Gasteiger partial charge in [-0.1, -0.05) is 12.8 Å². The molecule has 1 N–H and O–H groups in total. The standard InChI is InChI=1S/C12H18O3S/c1-15-12(14)11-8-10(9-16-11)6-4-2-3-5-7-13/h8-9,13H,2-7H2,1H3. The Morgan fingerprint density at radius 1 is 1.38 bits per heavy atom. The van der Waals surface area contributed by atoms with Crippen molar-refractivity contribution < 1.29 is 14.6 Å². The number of aliphatic hydroxyl groups is 1. The number of hydrogen-bond donors (Lipinski definition) is 1. The van der Waals surface area contributed by atoms with Crippen LogP contribution in [0.5, 0.6) is 0 Å². The number of aliphatic hydroxyl groups excluding tert-OH is 1. The topological polar surface area (TPSA) is 46.5 Å².